The number of amides is 1. The second-order valence-corrected chi connectivity index (χ2v) is 7.46. The normalized spacial score (nSPS) is 11.0. The summed E-state index contributed by atoms with van der Waals surface area (Å²) in [7, 11) is 0. The number of nitrogen functional groups attached to an aromatic ring is 1. The van der Waals surface area contributed by atoms with Crippen LogP contribution in [0.3, 0.4) is 0 Å². The monoisotopic (exact) mass is 414 g/mol. The highest BCUT2D eigenvalue weighted by Gasteiger charge is 2.08. The van der Waals surface area contributed by atoms with E-state index in [1.165, 1.54) is 12.3 Å². The number of nitrogens with zero attached hydrogens (tertiary/aromatic N) is 2. The molecule has 0 radical (unpaired) electrons. The molecule has 2 aromatic carbocycles. The van der Waals surface area contributed by atoms with E-state index in [-0.39, 0.29) is 11.9 Å². The van der Waals surface area contributed by atoms with E-state index in [0.717, 1.165) is 22.4 Å². The summed E-state index contributed by atoms with van der Waals surface area (Å²) in [5, 5.41) is 13.6. The Hall–Kier alpha value is -4.00. The van der Waals surface area contributed by atoms with E-state index in [2.05, 4.69) is 20.6 Å². The summed E-state index contributed by atoms with van der Waals surface area (Å²) in [6.45, 7) is 5.76. The van der Waals surface area contributed by atoms with Gasteiger partial charge in [0.15, 0.2) is 5.82 Å². The van der Waals surface area contributed by atoms with Gasteiger partial charge in [0.25, 0.3) is 0 Å². The molecule has 0 fully saturated rings. The molecule has 1 heterocycles. The van der Waals surface area contributed by atoms with Crippen LogP contribution in [0.1, 0.15) is 30.5 Å². The van der Waals surface area contributed by atoms with Crippen molar-refractivity contribution < 1.29 is 4.79 Å². The standard InChI is InChI=1S/C24H26N6O/c1-15(2)28-22(31)10-7-17-5-4-6-18(11-17)24-27-14-16(3)23(30-24)29-20-8-9-21(26)19(12-20)13-25/h4-15,25H,26H2,1-3H3,(H,28,31)(H,27,29,30)/b10-7+,25-13?. The van der Waals surface area contributed by atoms with Crippen LogP contribution in [-0.2, 0) is 4.79 Å². The molecular weight excluding hydrogens is 388 g/mol. The fourth-order valence-electron chi connectivity index (χ4n) is 2.91. The number of carbonyl (C=O) groups is 1. The van der Waals surface area contributed by atoms with E-state index in [1.54, 1.807) is 24.4 Å². The number of nitrogens with two attached hydrogens (primary N) is 1. The van der Waals surface area contributed by atoms with E-state index in [1.807, 2.05) is 51.1 Å². The van der Waals surface area contributed by atoms with Gasteiger partial charge >= 0.3 is 0 Å². The molecule has 0 bridgehead atoms. The van der Waals surface area contributed by atoms with Crippen molar-refractivity contribution in [2.45, 2.75) is 26.8 Å². The minimum atomic E-state index is -0.133. The van der Waals surface area contributed by atoms with Gasteiger partial charge in [-0.3, -0.25) is 4.79 Å². The third-order valence-electron chi connectivity index (χ3n) is 4.48. The van der Waals surface area contributed by atoms with Crippen molar-refractivity contribution >= 4 is 35.4 Å². The number of anilines is 3. The van der Waals surface area contributed by atoms with E-state index < -0.39 is 0 Å². The van der Waals surface area contributed by atoms with Gasteiger partial charge in [-0.15, -0.1) is 0 Å². The molecule has 0 aliphatic carbocycles. The zero-order valence-electron chi connectivity index (χ0n) is 17.8. The summed E-state index contributed by atoms with van der Waals surface area (Å²) in [6, 6.07) is 13.2. The van der Waals surface area contributed by atoms with Gasteiger partial charge in [0, 0.05) is 52.6 Å². The Morgan fingerprint density at radius 1 is 1.19 bits per heavy atom. The molecule has 7 nitrogen and oxygen atoms in total. The summed E-state index contributed by atoms with van der Waals surface area (Å²) in [6.07, 6.45) is 6.27. The third-order valence-corrected chi connectivity index (χ3v) is 4.48. The summed E-state index contributed by atoms with van der Waals surface area (Å²) >= 11 is 0. The second-order valence-electron chi connectivity index (χ2n) is 7.46. The summed E-state index contributed by atoms with van der Waals surface area (Å²) in [5.41, 5.74) is 10.4. The predicted octanol–water partition coefficient (Wildman–Crippen LogP) is 4.31. The first-order chi connectivity index (χ1) is 14.9. The minimum Gasteiger partial charge on any atom is -0.398 e. The topological polar surface area (TPSA) is 117 Å². The van der Waals surface area contributed by atoms with Crippen LogP contribution in [0, 0.1) is 12.3 Å². The van der Waals surface area contributed by atoms with Crippen LogP contribution >= 0.6 is 0 Å². The van der Waals surface area contributed by atoms with Gasteiger partial charge in [-0.25, -0.2) is 9.97 Å². The number of carbonyl (C=O) groups excluding carboxylic acids is 1. The lowest BCUT2D eigenvalue weighted by Gasteiger charge is -2.11. The van der Waals surface area contributed by atoms with Crippen LogP contribution in [-0.4, -0.2) is 28.1 Å². The van der Waals surface area contributed by atoms with Crippen LogP contribution in [0.25, 0.3) is 17.5 Å². The Bertz CT molecular complexity index is 1140. The average molecular weight is 415 g/mol. The number of aryl methyl sites for hydroxylation is 1. The number of benzene rings is 2. The van der Waals surface area contributed by atoms with Crippen molar-refractivity contribution in [3.8, 4) is 11.4 Å². The Balaban J connectivity index is 1.85. The van der Waals surface area contributed by atoms with Crippen molar-refractivity contribution in [2.24, 2.45) is 0 Å². The van der Waals surface area contributed by atoms with Crippen molar-refractivity contribution in [3.63, 3.8) is 0 Å². The lowest BCUT2D eigenvalue weighted by molar-refractivity contribution is -0.116. The maximum Gasteiger partial charge on any atom is 0.244 e. The largest absolute Gasteiger partial charge is 0.398 e. The predicted molar refractivity (Wildman–Crippen MR) is 127 cm³/mol. The van der Waals surface area contributed by atoms with E-state index >= 15 is 0 Å². The van der Waals surface area contributed by atoms with Gasteiger partial charge in [0.2, 0.25) is 5.91 Å². The van der Waals surface area contributed by atoms with Crippen LogP contribution in [0.15, 0.2) is 54.7 Å². The van der Waals surface area contributed by atoms with Crippen molar-refractivity contribution in [2.75, 3.05) is 11.1 Å². The number of hydrogen-bond donors (Lipinski definition) is 4. The van der Waals surface area contributed by atoms with E-state index in [9.17, 15) is 4.79 Å². The molecule has 0 atom stereocenters. The number of aromatic nitrogens is 2. The molecule has 0 saturated heterocycles. The highest BCUT2D eigenvalue weighted by molar-refractivity contribution is 5.92. The number of nitrogens with one attached hydrogen (secondary N) is 3. The van der Waals surface area contributed by atoms with Gasteiger partial charge in [-0.2, -0.15) is 0 Å². The molecule has 0 spiro atoms. The highest BCUT2D eigenvalue weighted by Crippen LogP contribution is 2.24. The smallest absolute Gasteiger partial charge is 0.244 e. The molecule has 3 rings (SSSR count). The Morgan fingerprint density at radius 3 is 2.74 bits per heavy atom. The highest BCUT2D eigenvalue weighted by atomic mass is 16.1. The van der Waals surface area contributed by atoms with Crippen LogP contribution in [0.4, 0.5) is 17.2 Å². The summed E-state index contributed by atoms with van der Waals surface area (Å²) in [4.78, 5) is 21.0. The Morgan fingerprint density at radius 2 is 2.00 bits per heavy atom. The fourth-order valence-corrected chi connectivity index (χ4v) is 2.91. The molecule has 31 heavy (non-hydrogen) atoms. The number of rotatable bonds is 7. The fraction of sp³-hybridized carbons (Fsp3) is 0.167. The molecule has 3 aromatic rings. The van der Waals surface area contributed by atoms with Crippen LogP contribution in [0.5, 0.6) is 0 Å². The quantitative estimate of drug-likeness (QED) is 0.261. The van der Waals surface area contributed by atoms with Crippen LogP contribution in [0.2, 0.25) is 0 Å². The first-order valence-corrected chi connectivity index (χ1v) is 9.95. The molecule has 0 unspecified atom stereocenters. The zero-order chi connectivity index (χ0) is 22.4. The van der Waals surface area contributed by atoms with Gasteiger partial charge in [-0.1, -0.05) is 18.2 Å². The first-order valence-electron chi connectivity index (χ1n) is 9.95. The first kappa shape index (κ1) is 21.7. The van der Waals surface area contributed by atoms with Crippen molar-refractivity contribution in [1.82, 2.24) is 15.3 Å². The summed E-state index contributed by atoms with van der Waals surface area (Å²) < 4.78 is 0. The van der Waals surface area contributed by atoms with Gasteiger partial charge in [0.05, 0.1) is 0 Å². The summed E-state index contributed by atoms with van der Waals surface area (Å²) in [5.74, 6) is 1.10. The number of hydrogen-bond acceptors (Lipinski definition) is 6. The lowest BCUT2D eigenvalue weighted by Crippen LogP contribution is -2.28. The third kappa shape index (κ3) is 5.76. The molecule has 158 valence electrons. The second kappa shape index (κ2) is 9.67. The molecule has 7 heteroatoms. The molecule has 0 saturated carbocycles. The molecule has 0 aliphatic rings. The maximum atomic E-state index is 11.9. The van der Waals surface area contributed by atoms with E-state index in [4.69, 9.17) is 11.1 Å². The van der Waals surface area contributed by atoms with Crippen molar-refractivity contribution in [3.05, 3.63) is 71.4 Å². The van der Waals surface area contributed by atoms with Gasteiger partial charge in [0.1, 0.15) is 5.82 Å². The Kier molecular flexibility index (Phi) is 6.77. The minimum absolute atomic E-state index is 0.0894. The maximum absolute atomic E-state index is 11.9. The zero-order valence-corrected chi connectivity index (χ0v) is 17.8. The molecule has 5 N–H and O–H groups in total. The Labute approximate surface area is 182 Å². The van der Waals surface area contributed by atoms with E-state index in [0.29, 0.717) is 22.9 Å². The van der Waals surface area contributed by atoms with Crippen LogP contribution < -0.4 is 16.4 Å². The van der Waals surface area contributed by atoms with Gasteiger partial charge < -0.3 is 21.8 Å². The molecule has 1 aromatic heterocycles. The molecule has 1 amide bonds. The van der Waals surface area contributed by atoms with Gasteiger partial charge in [-0.05, 0) is 56.7 Å². The van der Waals surface area contributed by atoms with Crippen molar-refractivity contribution in [1.29, 1.82) is 5.41 Å². The average Bonchev–Trinajstić information content (AvgIpc) is 2.75. The lowest BCUT2D eigenvalue weighted by atomic mass is 10.1. The SMILES string of the molecule is Cc1cnc(-c2cccc(/C=C/C(=O)NC(C)C)c2)nc1Nc1ccc(N)c(C=N)c1. The molecular formula is C24H26N6O. The molecule has 0 aliphatic heterocycles.